The van der Waals surface area contributed by atoms with Crippen LogP contribution in [-0.2, 0) is 9.59 Å². The number of carbonyl (C=O) groups excluding carboxylic acids is 2. The van der Waals surface area contributed by atoms with Gasteiger partial charge in [-0.3, -0.25) is 4.79 Å². The van der Waals surface area contributed by atoms with Gasteiger partial charge in [0.05, 0.1) is 0 Å². The van der Waals surface area contributed by atoms with Crippen LogP contribution in [0.3, 0.4) is 0 Å². The molecule has 0 unspecified atom stereocenters. The van der Waals surface area contributed by atoms with E-state index in [0.29, 0.717) is 19.4 Å². The molecular weight excluding hydrogens is 286 g/mol. The molecule has 0 heterocycles. The summed E-state index contributed by atoms with van der Waals surface area (Å²) in [5.74, 6) is 0.431. The van der Waals surface area contributed by atoms with Gasteiger partial charge in [-0.1, -0.05) is 64.7 Å². The van der Waals surface area contributed by atoms with Crippen molar-refractivity contribution in [1.82, 2.24) is 5.32 Å². The lowest BCUT2D eigenvalue weighted by Crippen LogP contribution is -2.40. The van der Waals surface area contributed by atoms with Crippen LogP contribution in [0, 0.1) is 5.41 Å². The topological polar surface area (TPSA) is 46.2 Å². The van der Waals surface area contributed by atoms with Crippen LogP contribution in [0.5, 0.6) is 0 Å². The number of hydrogen-bond acceptors (Lipinski definition) is 2. The zero-order valence-electron chi connectivity index (χ0n) is 15.4. The van der Waals surface area contributed by atoms with Crippen LogP contribution in [0.25, 0.3) is 0 Å². The predicted octanol–water partition coefficient (Wildman–Crippen LogP) is 5.17. The van der Waals surface area contributed by atoms with Gasteiger partial charge in [-0.15, -0.1) is 0 Å². The van der Waals surface area contributed by atoms with Crippen molar-refractivity contribution in [3.05, 3.63) is 0 Å². The molecule has 1 rings (SSSR count). The van der Waals surface area contributed by atoms with Crippen LogP contribution in [-0.4, -0.2) is 18.2 Å². The maximum absolute atomic E-state index is 12.1. The van der Waals surface area contributed by atoms with Crippen molar-refractivity contribution in [3.63, 3.8) is 0 Å². The minimum Gasteiger partial charge on any atom is -0.356 e. The van der Waals surface area contributed by atoms with Gasteiger partial charge in [0, 0.05) is 19.4 Å². The maximum Gasteiger partial charge on any atom is 0.220 e. The first kappa shape index (κ1) is 20.2. The lowest BCUT2D eigenvalue weighted by atomic mass is 9.71. The van der Waals surface area contributed by atoms with Gasteiger partial charge in [-0.2, -0.15) is 0 Å². The van der Waals surface area contributed by atoms with Crippen molar-refractivity contribution < 1.29 is 9.59 Å². The molecular formula is C20H37NO2. The number of ketones is 1. The standard InChI is InChI=1S/C20H37NO2/c1-3-4-5-6-7-8-10-13-19(23)21-17-20(16-18(2)22)14-11-9-12-15-20/h3-17H2,1-2H3,(H,21,23). The Hall–Kier alpha value is -0.860. The summed E-state index contributed by atoms with van der Waals surface area (Å²) in [6.07, 6.45) is 15.8. The van der Waals surface area contributed by atoms with Crippen molar-refractivity contribution in [1.29, 1.82) is 0 Å². The Kier molecular flexibility index (Phi) is 10.2. The summed E-state index contributed by atoms with van der Waals surface area (Å²) in [4.78, 5) is 23.6. The van der Waals surface area contributed by atoms with Crippen molar-refractivity contribution in [2.45, 2.75) is 104 Å². The molecule has 0 aliphatic heterocycles. The van der Waals surface area contributed by atoms with Gasteiger partial charge in [-0.05, 0) is 31.6 Å². The number of hydrogen-bond donors (Lipinski definition) is 1. The fourth-order valence-electron chi connectivity index (χ4n) is 3.86. The van der Waals surface area contributed by atoms with E-state index in [1.165, 1.54) is 51.4 Å². The summed E-state index contributed by atoms with van der Waals surface area (Å²) < 4.78 is 0. The largest absolute Gasteiger partial charge is 0.356 e. The first-order valence-electron chi connectivity index (χ1n) is 9.84. The van der Waals surface area contributed by atoms with E-state index in [-0.39, 0.29) is 17.1 Å². The molecule has 134 valence electrons. The van der Waals surface area contributed by atoms with E-state index < -0.39 is 0 Å². The summed E-state index contributed by atoms with van der Waals surface area (Å²) in [7, 11) is 0. The Morgan fingerprint density at radius 3 is 2.13 bits per heavy atom. The molecule has 1 N–H and O–H groups in total. The third-order valence-electron chi connectivity index (χ3n) is 5.21. The van der Waals surface area contributed by atoms with Gasteiger partial charge in [0.25, 0.3) is 0 Å². The van der Waals surface area contributed by atoms with Crippen molar-refractivity contribution in [2.24, 2.45) is 5.41 Å². The molecule has 0 aromatic heterocycles. The van der Waals surface area contributed by atoms with Crippen LogP contribution in [0.15, 0.2) is 0 Å². The second-order valence-corrected chi connectivity index (χ2v) is 7.59. The maximum atomic E-state index is 12.1. The molecule has 0 bridgehead atoms. The summed E-state index contributed by atoms with van der Waals surface area (Å²) in [5.41, 5.74) is 0.0416. The molecule has 0 aromatic carbocycles. The van der Waals surface area contributed by atoms with Crippen molar-refractivity contribution >= 4 is 11.7 Å². The molecule has 1 aliphatic rings. The van der Waals surface area contributed by atoms with E-state index in [1.54, 1.807) is 6.92 Å². The molecule has 3 nitrogen and oxygen atoms in total. The van der Waals surface area contributed by atoms with E-state index in [4.69, 9.17) is 0 Å². The molecule has 0 aromatic rings. The van der Waals surface area contributed by atoms with Crippen LogP contribution in [0.1, 0.15) is 104 Å². The van der Waals surface area contributed by atoms with Crippen LogP contribution in [0.2, 0.25) is 0 Å². The zero-order valence-corrected chi connectivity index (χ0v) is 15.4. The number of unbranched alkanes of at least 4 members (excludes halogenated alkanes) is 6. The van der Waals surface area contributed by atoms with E-state index in [1.807, 2.05) is 0 Å². The summed E-state index contributed by atoms with van der Waals surface area (Å²) in [6, 6.07) is 0. The molecule has 0 radical (unpaired) electrons. The molecule has 1 aliphatic carbocycles. The average Bonchev–Trinajstić information content (AvgIpc) is 2.52. The highest BCUT2D eigenvalue weighted by atomic mass is 16.1. The molecule has 0 spiro atoms. The first-order valence-corrected chi connectivity index (χ1v) is 9.84. The molecule has 23 heavy (non-hydrogen) atoms. The summed E-state index contributed by atoms with van der Waals surface area (Å²) >= 11 is 0. The minimum atomic E-state index is 0.0416. The third-order valence-corrected chi connectivity index (χ3v) is 5.21. The van der Waals surface area contributed by atoms with Crippen LogP contribution in [0.4, 0.5) is 0 Å². The highest BCUT2D eigenvalue weighted by Gasteiger charge is 2.33. The average molecular weight is 324 g/mol. The quantitative estimate of drug-likeness (QED) is 0.503. The molecule has 1 saturated carbocycles. The number of amides is 1. The Bertz CT molecular complexity index is 346. The SMILES string of the molecule is CCCCCCCCCC(=O)NCC1(CC(C)=O)CCCCC1. The number of nitrogens with one attached hydrogen (secondary N) is 1. The molecule has 1 amide bonds. The minimum absolute atomic E-state index is 0.0416. The fourth-order valence-corrected chi connectivity index (χ4v) is 3.86. The van der Waals surface area contributed by atoms with Crippen molar-refractivity contribution in [3.8, 4) is 0 Å². The fraction of sp³-hybridized carbons (Fsp3) is 0.900. The lowest BCUT2D eigenvalue weighted by molar-refractivity contribution is -0.124. The number of Topliss-reactive ketones (excluding diaryl/α,β-unsaturated/α-hetero) is 1. The summed E-state index contributed by atoms with van der Waals surface area (Å²) in [5, 5.41) is 3.12. The Morgan fingerprint density at radius 1 is 0.913 bits per heavy atom. The van der Waals surface area contributed by atoms with Gasteiger partial charge < -0.3 is 10.1 Å². The van der Waals surface area contributed by atoms with Gasteiger partial charge in [-0.25, -0.2) is 0 Å². The normalized spacial score (nSPS) is 17.0. The first-order chi connectivity index (χ1) is 11.1. The van der Waals surface area contributed by atoms with Crippen LogP contribution >= 0.6 is 0 Å². The molecule has 0 atom stereocenters. The third kappa shape index (κ3) is 9.12. The summed E-state index contributed by atoms with van der Waals surface area (Å²) in [6.45, 7) is 4.61. The number of rotatable bonds is 12. The highest BCUT2D eigenvalue weighted by molar-refractivity contribution is 5.77. The lowest BCUT2D eigenvalue weighted by Gasteiger charge is -2.36. The van der Waals surface area contributed by atoms with Gasteiger partial charge in [0.15, 0.2) is 0 Å². The highest BCUT2D eigenvalue weighted by Crippen LogP contribution is 2.39. The zero-order chi connectivity index (χ0) is 17.0. The predicted molar refractivity (Wildman–Crippen MR) is 96.4 cm³/mol. The Labute approximate surface area is 143 Å². The second kappa shape index (κ2) is 11.6. The molecule has 0 saturated heterocycles. The van der Waals surface area contributed by atoms with E-state index in [2.05, 4.69) is 12.2 Å². The Balaban J connectivity index is 2.18. The Morgan fingerprint density at radius 2 is 1.52 bits per heavy atom. The second-order valence-electron chi connectivity index (χ2n) is 7.59. The van der Waals surface area contributed by atoms with Crippen LogP contribution < -0.4 is 5.32 Å². The van der Waals surface area contributed by atoms with Gasteiger partial charge in [0.1, 0.15) is 5.78 Å². The van der Waals surface area contributed by atoms with E-state index in [0.717, 1.165) is 25.7 Å². The molecule has 1 fully saturated rings. The van der Waals surface area contributed by atoms with E-state index >= 15 is 0 Å². The van der Waals surface area contributed by atoms with Crippen molar-refractivity contribution in [2.75, 3.05) is 6.54 Å². The van der Waals surface area contributed by atoms with E-state index in [9.17, 15) is 9.59 Å². The monoisotopic (exact) mass is 323 g/mol. The number of carbonyl (C=O) groups is 2. The van der Waals surface area contributed by atoms with Gasteiger partial charge in [0.2, 0.25) is 5.91 Å². The van der Waals surface area contributed by atoms with Gasteiger partial charge >= 0.3 is 0 Å². The smallest absolute Gasteiger partial charge is 0.220 e. The molecule has 3 heteroatoms.